The summed E-state index contributed by atoms with van der Waals surface area (Å²) < 4.78 is 9.95. The Morgan fingerprint density at radius 2 is 1.87 bits per heavy atom. The van der Waals surface area contributed by atoms with Gasteiger partial charge in [-0.05, 0) is 26.7 Å². The Bertz CT molecular complexity index is 461. The molecule has 0 aromatic heterocycles. The Hall–Kier alpha value is -1.44. The Labute approximate surface area is 141 Å². The summed E-state index contributed by atoms with van der Waals surface area (Å²) in [6.07, 6.45) is -0.647. The molecule has 0 aromatic rings. The lowest BCUT2D eigenvalue weighted by molar-refractivity contribution is -0.151. The quantitative estimate of drug-likeness (QED) is 0.779. The smallest absolute Gasteiger partial charge is 0.408 e. The van der Waals surface area contributed by atoms with E-state index in [0.717, 1.165) is 0 Å². The van der Waals surface area contributed by atoms with Gasteiger partial charge >= 0.3 is 12.1 Å². The molecule has 0 bridgehead atoms. The molecule has 0 unspecified atom stereocenters. The van der Waals surface area contributed by atoms with Crippen LogP contribution in [0.1, 0.15) is 34.6 Å². The number of carbonyl (C=O) groups is 3. The zero-order valence-electron chi connectivity index (χ0n) is 14.5. The first-order valence-corrected chi connectivity index (χ1v) is 8.68. The molecular formula is C15H26N2O5S. The van der Waals surface area contributed by atoms with E-state index in [-0.39, 0.29) is 11.8 Å². The average Bonchev–Trinajstić information content (AvgIpc) is 2.90. The number of nitrogens with one attached hydrogen (secondary N) is 1. The first-order chi connectivity index (χ1) is 10.6. The molecule has 0 radical (unpaired) electrons. The van der Waals surface area contributed by atoms with Crippen molar-refractivity contribution in [2.45, 2.75) is 52.3 Å². The van der Waals surface area contributed by atoms with Gasteiger partial charge in [0.1, 0.15) is 17.7 Å². The molecule has 132 valence electrons. The molecule has 1 aliphatic heterocycles. The van der Waals surface area contributed by atoms with Crippen LogP contribution in [-0.2, 0) is 19.1 Å². The first-order valence-electron chi connectivity index (χ1n) is 7.52. The van der Waals surface area contributed by atoms with Gasteiger partial charge in [-0.2, -0.15) is 0 Å². The number of rotatable bonds is 4. The van der Waals surface area contributed by atoms with E-state index < -0.39 is 29.7 Å². The third-order valence-corrected chi connectivity index (χ3v) is 4.26. The molecular weight excluding hydrogens is 320 g/mol. The van der Waals surface area contributed by atoms with Gasteiger partial charge in [-0.3, -0.25) is 4.79 Å². The fraction of sp³-hybridized carbons (Fsp3) is 0.800. The lowest BCUT2D eigenvalue weighted by atomic mass is 10.0. The van der Waals surface area contributed by atoms with Gasteiger partial charge in [-0.25, -0.2) is 9.59 Å². The second-order valence-electron chi connectivity index (χ2n) is 6.71. The summed E-state index contributed by atoms with van der Waals surface area (Å²) >= 11 is 1.48. The van der Waals surface area contributed by atoms with E-state index in [1.807, 2.05) is 13.8 Å². The van der Waals surface area contributed by atoms with Crippen molar-refractivity contribution in [1.82, 2.24) is 10.2 Å². The second kappa shape index (κ2) is 7.90. The molecule has 7 nitrogen and oxygen atoms in total. The molecule has 0 aromatic carbocycles. The van der Waals surface area contributed by atoms with E-state index in [4.69, 9.17) is 9.47 Å². The van der Waals surface area contributed by atoms with Gasteiger partial charge in [0.15, 0.2) is 0 Å². The van der Waals surface area contributed by atoms with E-state index >= 15 is 0 Å². The van der Waals surface area contributed by atoms with Crippen molar-refractivity contribution >= 4 is 29.7 Å². The van der Waals surface area contributed by atoms with Crippen LogP contribution < -0.4 is 5.32 Å². The normalized spacial score (nSPS) is 19.4. The van der Waals surface area contributed by atoms with Crippen molar-refractivity contribution < 1.29 is 23.9 Å². The molecule has 0 spiro atoms. The number of carbonyl (C=O) groups excluding carboxylic acids is 3. The number of nitrogens with zero attached hydrogens (tertiary/aromatic N) is 1. The van der Waals surface area contributed by atoms with E-state index in [9.17, 15) is 14.4 Å². The molecule has 1 N–H and O–H groups in total. The fourth-order valence-electron chi connectivity index (χ4n) is 2.12. The van der Waals surface area contributed by atoms with Gasteiger partial charge in [-0.15, -0.1) is 11.8 Å². The van der Waals surface area contributed by atoms with E-state index in [1.165, 1.54) is 23.8 Å². The van der Waals surface area contributed by atoms with Gasteiger partial charge in [0.05, 0.1) is 13.0 Å². The molecule has 1 fully saturated rings. The molecule has 8 heteroatoms. The highest BCUT2D eigenvalue weighted by atomic mass is 32.2. The third kappa shape index (κ3) is 5.60. The summed E-state index contributed by atoms with van der Waals surface area (Å²) in [6, 6.07) is -1.37. The highest BCUT2D eigenvalue weighted by Crippen LogP contribution is 2.24. The highest BCUT2D eigenvalue weighted by molar-refractivity contribution is 7.99. The minimum atomic E-state index is -0.754. The molecule has 23 heavy (non-hydrogen) atoms. The zero-order valence-corrected chi connectivity index (χ0v) is 15.4. The topological polar surface area (TPSA) is 84.9 Å². The number of hydrogen-bond acceptors (Lipinski definition) is 6. The van der Waals surface area contributed by atoms with Crippen LogP contribution in [0, 0.1) is 5.92 Å². The van der Waals surface area contributed by atoms with Gasteiger partial charge in [-0.1, -0.05) is 13.8 Å². The maximum Gasteiger partial charge on any atom is 0.408 e. The lowest BCUT2D eigenvalue weighted by Crippen LogP contribution is -2.54. The summed E-state index contributed by atoms with van der Waals surface area (Å²) in [7, 11) is 1.30. The van der Waals surface area contributed by atoms with Crippen LogP contribution in [0.25, 0.3) is 0 Å². The maximum atomic E-state index is 12.8. The Morgan fingerprint density at radius 1 is 1.26 bits per heavy atom. The van der Waals surface area contributed by atoms with Crippen LogP contribution in [0.2, 0.25) is 0 Å². The highest BCUT2D eigenvalue weighted by Gasteiger charge is 2.40. The monoisotopic (exact) mass is 346 g/mol. The standard InChI is InChI=1S/C15H26N2O5S/c1-9(2)11(16-14(20)22-15(3,4)5)12(18)17-8-23-7-10(17)13(19)21-6/h9-11H,7-8H2,1-6H3,(H,16,20)/t10-,11-/m0/s1. The number of alkyl carbamates (subject to hydrolysis) is 1. The number of amides is 2. The molecule has 0 aliphatic carbocycles. The summed E-state index contributed by atoms with van der Waals surface area (Å²) in [4.78, 5) is 38.0. The number of esters is 1. The lowest BCUT2D eigenvalue weighted by Gasteiger charge is -2.30. The van der Waals surface area contributed by atoms with Crippen LogP contribution in [-0.4, -0.2) is 59.3 Å². The third-order valence-electron chi connectivity index (χ3n) is 3.24. The largest absolute Gasteiger partial charge is 0.467 e. The van der Waals surface area contributed by atoms with Crippen LogP contribution in [0.5, 0.6) is 0 Å². The molecule has 1 aliphatic rings. The van der Waals surface area contributed by atoms with E-state index in [1.54, 1.807) is 20.8 Å². The van der Waals surface area contributed by atoms with Gasteiger partial charge in [0, 0.05) is 5.75 Å². The van der Waals surface area contributed by atoms with Crippen molar-refractivity contribution in [3.63, 3.8) is 0 Å². The predicted molar refractivity (Wildman–Crippen MR) is 88.0 cm³/mol. The van der Waals surface area contributed by atoms with Crippen molar-refractivity contribution in [2.75, 3.05) is 18.7 Å². The summed E-state index contributed by atoms with van der Waals surface area (Å²) in [5, 5.41) is 2.61. The Kier molecular flexibility index (Phi) is 6.73. The van der Waals surface area contributed by atoms with Crippen LogP contribution in [0.4, 0.5) is 4.79 Å². The number of hydrogen-bond donors (Lipinski definition) is 1. The summed E-state index contributed by atoms with van der Waals surface area (Å²) in [5.41, 5.74) is -0.646. The Morgan fingerprint density at radius 3 is 2.35 bits per heavy atom. The number of thioether (sulfide) groups is 1. The van der Waals surface area contributed by atoms with Gasteiger partial charge < -0.3 is 19.7 Å². The minimum absolute atomic E-state index is 0.140. The molecule has 1 saturated heterocycles. The number of methoxy groups -OCH3 is 1. The molecule has 2 atom stereocenters. The van der Waals surface area contributed by atoms with Crippen LogP contribution in [0.15, 0.2) is 0 Å². The minimum Gasteiger partial charge on any atom is -0.467 e. The fourth-order valence-corrected chi connectivity index (χ4v) is 3.27. The van der Waals surface area contributed by atoms with Crippen molar-refractivity contribution in [3.05, 3.63) is 0 Å². The van der Waals surface area contributed by atoms with Crippen molar-refractivity contribution in [3.8, 4) is 0 Å². The SMILES string of the molecule is COC(=O)[C@@H]1CSCN1C(=O)[C@@H](NC(=O)OC(C)(C)C)C(C)C. The number of ether oxygens (including phenoxy) is 2. The zero-order chi connectivity index (χ0) is 17.8. The van der Waals surface area contributed by atoms with Crippen molar-refractivity contribution in [2.24, 2.45) is 5.92 Å². The molecule has 0 saturated carbocycles. The van der Waals surface area contributed by atoms with E-state index in [0.29, 0.717) is 11.6 Å². The van der Waals surface area contributed by atoms with Gasteiger partial charge in [0.25, 0.3) is 0 Å². The molecule has 1 heterocycles. The molecule has 2 amide bonds. The predicted octanol–water partition coefficient (Wildman–Crippen LogP) is 1.61. The van der Waals surface area contributed by atoms with Gasteiger partial charge in [0.2, 0.25) is 5.91 Å². The maximum absolute atomic E-state index is 12.8. The summed E-state index contributed by atoms with van der Waals surface area (Å²) in [5.74, 6) is 0.0151. The summed E-state index contributed by atoms with van der Waals surface area (Å²) in [6.45, 7) is 8.92. The van der Waals surface area contributed by atoms with Crippen LogP contribution >= 0.6 is 11.8 Å². The Balaban J connectivity index is 2.82. The van der Waals surface area contributed by atoms with Crippen LogP contribution in [0.3, 0.4) is 0 Å². The first kappa shape index (κ1) is 19.6. The molecule has 1 rings (SSSR count). The van der Waals surface area contributed by atoms with Crippen molar-refractivity contribution in [1.29, 1.82) is 0 Å². The average molecular weight is 346 g/mol. The second-order valence-corrected chi connectivity index (χ2v) is 7.71. The van der Waals surface area contributed by atoms with E-state index in [2.05, 4.69) is 5.32 Å².